The molecule has 0 N–H and O–H groups in total. The lowest BCUT2D eigenvalue weighted by Gasteiger charge is -2.26. The zero-order valence-corrected chi connectivity index (χ0v) is 14.6. The molecule has 25 heavy (non-hydrogen) atoms. The van der Waals surface area contributed by atoms with Gasteiger partial charge in [0.25, 0.3) is 5.91 Å². The fraction of sp³-hybridized carbons (Fsp3) is 0.500. The van der Waals surface area contributed by atoms with Crippen LogP contribution in [-0.2, 0) is 14.3 Å². The number of allylic oxidation sites excluding steroid dienone is 1. The predicted molar refractivity (Wildman–Crippen MR) is 93.9 cm³/mol. The van der Waals surface area contributed by atoms with Gasteiger partial charge in [-0.15, -0.1) is 0 Å². The van der Waals surface area contributed by atoms with E-state index in [9.17, 15) is 9.59 Å². The minimum Gasteiger partial charge on any atom is -0.446 e. The Morgan fingerprint density at radius 1 is 1.24 bits per heavy atom. The van der Waals surface area contributed by atoms with E-state index in [1.807, 2.05) is 43.3 Å². The van der Waals surface area contributed by atoms with E-state index in [4.69, 9.17) is 9.47 Å². The van der Waals surface area contributed by atoms with Crippen LogP contribution >= 0.6 is 0 Å². The van der Waals surface area contributed by atoms with Gasteiger partial charge in [-0.05, 0) is 50.2 Å². The van der Waals surface area contributed by atoms with E-state index in [1.165, 1.54) is 11.0 Å². The number of benzene rings is 1. The first-order chi connectivity index (χ1) is 12.2. The van der Waals surface area contributed by atoms with Crippen molar-refractivity contribution < 1.29 is 19.1 Å². The van der Waals surface area contributed by atoms with Crippen LogP contribution in [0.2, 0.25) is 0 Å². The fourth-order valence-corrected chi connectivity index (χ4v) is 3.57. The molecule has 1 saturated heterocycles. The standard InChI is InChI=1S/C20H25NO4/c1-2-24-17-11-8-15(9-12-17)10-13-19(22)21-18(14-25-20(21)23)16-6-4-3-5-7-16/h3-7,10,13,15,17-18H,2,8-9,11-12,14H2,1H3/b13-10+/t15?,17?,18-/m0/s1. The average Bonchev–Trinajstić information content (AvgIpc) is 3.03. The number of cyclic esters (lactones) is 1. The molecule has 0 aromatic heterocycles. The van der Waals surface area contributed by atoms with Gasteiger partial charge in [0.2, 0.25) is 0 Å². The minimum atomic E-state index is -0.566. The second-order valence-corrected chi connectivity index (χ2v) is 6.56. The molecule has 1 aliphatic carbocycles. The summed E-state index contributed by atoms with van der Waals surface area (Å²) in [5.41, 5.74) is 0.910. The molecule has 1 aromatic carbocycles. The summed E-state index contributed by atoms with van der Waals surface area (Å²) in [6, 6.07) is 9.17. The summed E-state index contributed by atoms with van der Waals surface area (Å²) in [4.78, 5) is 25.8. The van der Waals surface area contributed by atoms with Gasteiger partial charge < -0.3 is 9.47 Å². The highest BCUT2D eigenvalue weighted by Gasteiger charge is 2.37. The maximum atomic E-state index is 12.6. The van der Waals surface area contributed by atoms with Gasteiger partial charge in [-0.2, -0.15) is 0 Å². The van der Waals surface area contributed by atoms with E-state index in [-0.39, 0.29) is 18.6 Å². The van der Waals surface area contributed by atoms with Gasteiger partial charge in [0.15, 0.2) is 0 Å². The van der Waals surface area contributed by atoms with E-state index in [2.05, 4.69) is 0 Å². The van der Waals surface area contributed by atoms with Crippen LogP contribution in [0, 0.1) is 5.92 Å². The van der Waals surface area contributed by atoms with Crippen molar-refractivity contribution in [1.29, 1.82) is 0 Å². The number of hydrogen-bond acceptors (Lipinski definition) is 4. The molecule has 0 radical (unpaired) electrons. The summed E-state index contributed by atoms with van der Waals surface area (Å²) >= 11 is 0. The Hall–Kier alpha value is -2.14. The van der Waals surface area contributed by atoms with Crippen LogP contribution in [0.1, 0.15) is 44.2 Å². The number of carbonyl (C=O) groups is 2. The highest BCUT2D eigenvalue weighted by molar-refractivity contribution is 5.99. The minimum absolute atomic E-state index is 0.210. The van der Waals surface area contributed by atoms with Crippen molar-refractivity contribution in [3.63, 3.8) is 0 Å². The normalized spacial score (nSPS) is 26.8. The van der Waals surface area contributed by atoms with Crippen molar-refractivity contribution in [3.8, 4) is 0 Å². The first kappa shape index (κ1) is 17.7. The number of amides is 2. The summed E-state index contributed by atoms with van der Waals surface area (Å²) in [6.07, 6.45) is 7.34. The van der Waals surface area contributed by atoms with Gasteiger partial charge in [0.1, 0.15) is 12.6 Å². The second-order valence-electron chi connectivity index (χ2n) is 6.56. The van der Waals surface area contributed by atoms with Crippen molar-refractivity contribution in [2.24, 2.45) is 5.92 Å². The van der Waals surface area contributed by atoms with Crippen LogP contribution < -0.4 is 0 Å². The van der Waals surface area contributed by atoms with Crippen molar-refractivity contribution in [2.45, 2.75) is 44.8 Å². The van der Waals surface area contributed by atoms with Crippen LogP contribution in [-0.4, -0.2) is 36.2 Å². The highest BCUT2D eigenvalue weighted by atomic mass is 16.6. The maximum absolute atomic E-state index is 12.6. The molecule has 0 bridgehead atoms. The molecule has 134 valence electrons. The van der Waals surface area contributed by atoms with Gasteiger partial charge in [0.05, 0.1) is 6.10 Å². The van der Waals surface area contributed by atoms with Crippen LogP contribution in [0.25, 0.3) is 0 Å². The lowest BCUT2D eigenvalue weighted by molar-refractivity contribution is -0.124. The summed E-state index contributed by atoms with van der Waals surface area (Å²) in [5, 5.41) is 0. The molecule has 1 saturated carbocycles. The molecule has 2 amide bonds. The van der Waals surface area contributed by atoms with Crippen molar-refractivity contribution in [2.75, 3.05) is 13.2 Å². The van der Waals surface area contributed by atoms with Crippen molar-refractivity contribution in [3.05, 3.63) is 48.0 Å². The molecule has 5 nitrogen and oxygen atoms in total. The van der Waals surface area contributed by atoms with Gasteiger partial charge in [-0.3, -0.25) is 4.79 Å². The summed E-state index contributed by atoms with van der Waals surface area (Å²) in [6.45, 7) is 2.98. The molecule has 1 heterocycles. The number of hydrogen-bond donors (Lipinski definition) is 0. The number of nitrogens with zero attached hydrogens (tertiary/aromatic N) is 1. The van der Waals surface area contributed by atoms with Crippen LogP contribution in [0.5, 0.6) is 0 Å². The molecular weight excluding hydrogens is 318 g/mol. The third-order valence-electron chi connectivity index (χ3n) is 4.93. The number of ether oxygens (including phenoxy) is 2. The summed E-state index contributed by atoms with van der Waals surface area (Å²) in [5.74, 6) is 0.0674. The predicted octanol–water partition coefficient (Wildman–Crippen LogP) is 3.86. The molecule has 1 aliphatic heterocycles. The maximum Gasteiger partial charge on any atom is 0.417 e. The van der Waals surface area contributed by atoms with E-state index >= 15 is 0 Å². The topological polar surface area (TPSA) is 55.8 Å². The molecule has 5 heteroatoms. The quantitative estimate of drug-likeness (QED) is 0.762. The number of imide groups is 1. The van der Waals surface area contributed by atoms with E-state index in [0.717, 1.165) is 37.9 Å². The van der Waals surface area contributed by atoms with Gasteiger partial charge >= 0.3 is 6.09 Å². The lowest BCUT2D eigenvalue weighted by atomic mass is 9.87. The van der Waals surface area contributed by atoms with Crippen molar-refractivity contribution >= 4 is 12.0 Å². The number of rotatable bonds is 5. The highest BCUT2D eigenvalue weighted by Crippen LogP contribution is 2.29. The molecule has 0 unspecified atom stereocenters. The molecule has 2 aliphatic rings. The van der Waals surface area contributed by atoms with Crippen LogP contribution in [0.15, 0.2) is 42.5 Å². The average molecular weight is 343 g/mol. The Labute approximate surface area is 148 Å². The Kier molecular flexibility index (Phi) is 5.87. The molecule has 3 rings (SSSR count). The Balaban J connectivity index is 1.61. The molecule has 1 atom stereocenters. The van der Waals surface area contributed by atoms with E-state index in [0.29, 0.717) is 12.0 Å². The van der Waals surface area contributed by atoms with Crippen LogP contribution in [0.4, 0.5) is 4.79 Å². The third-order valence-corrected chi connectivity index (χ3v) is 4.93. The fourth-order valence-electron chi connectivity index (χ4n) is 3.57. The Morgan fingerprint density at radius 2 is 1.96 bits per heavy atom. The smallest absolute Gasteiger partial charge is 0.417 e. The summed E-state index contributed by atoms with van der Waals surface area (Å²) in [7, 11) is 0. The SMILES string of the molecule is CCOC1CCC(/C=C/C(=O)N2C(=O)OC[C@H]2c2ccccc2)CC1. The molecule has 2 fully saturated rings. The van der Waals surface area contributed by atoms with Crippen LogP contribution in [0.3, 0.4) is 0 Å². The largest absolute Gasteiger partial charge is 0.446 e. The zero-order valence-electron chi connectivity index (χ0n) is 14.6. The molecule has 0 spiro atoms. The van der Waals surface area contributed by atoms with E-state index < -0.39 is 6.09 Å². The Bertz CT molecular complexity index is 620. The molecular formula is C20H25NO4. The third kappa shape index (κ3) is 4.28. The van der Waals surface area contributed by atoms with Gasteiger partial charge in [-0.25, -0.2) is 9.69 Å². The van der Waals surface area contributed by atoms with Gasteiger partial charge in [-0.1, -0.05) is 36.4 Å². The zero-order chi connectivity index (χ0) is 17.6. The number of carbonyl (C=O) groups excluding carboxylic acids is 2. The second kappa shape index (κ2) is 8.30. The molecule has 1 aromatic rings. The first-order valence-corrected chi connectivity index (χ1v) is 9.03. The Morgan fingerprint density at radius 3 is 2.64 bits per heavy atom. The van der Waals surface area contributed by atoms with Crippen molar-refractivity contribution in [1.82, 2.24) is 4.90 Å². The monoisotopic (exact) mass is 343 g/mol. The van der Waals surface area contributed by atoms with E-state index in [1.54, 1.807) is 0 Å². The lowest BCUT2D eigenvalue weighted by Crippen LogP contribution is -2.33. The van der Waals surface area contributed by atoms with Gasteiger partial charge in [0, 0.05) is 6.61 Å². The first-order valence-electron chi connectivity index (χ1n) is 9.03. The summed E-state index contributed by atoms with van der Waals surface area (Å²) < 4.78 is 10.8.